The summed E-state index contributed by atoms with van der Waals surface area (Å²) < 4.78 is 6.87. The molecule has 0 amide bonds. The van der Waals surface area contributed by atoms with Crippen LogP contribution in [0.5, 0.6) is 5.75 Å². The van der Waals surface area contributed by atoms with Crippen LogP contribution < -0.4 is 10.5 Å². The topological polar surface area (TPSA) is 76.9 Å². The van der Waals surface area contributed by atoms with Gasteiger partial charge >= 0.3 is 0 Å². The summed E-state index contributed by atoms with van der Waals surface area (Å²) in [6.07, 6.45) is 1.87. The quantitative estimate of drug-likeness (QED) is 0.804. The first-order chi connectivity index (χ1) is 10.7. The fourth-order valence-corrected chi connectivity index (χ4v) is 2.20. The predicted octanol–water partition coefficient (Wildman–Crippen LogP) is 3.00. The molecule has 0 spiro atoms. The summed E-state index contributed by atoms with van der Waals surface area (Å²) in [4.78, 5) is 0. The SMILES string of the molecule is COc1ccc(-n2cc(-c3ccc(C#N)cc3)c(N)n2)cc1. The molecule has 108 valence electrons. The molecule has 3 aromatic rings. The van der Waals surface area contributed by atoms with E-state index in [2.05, 4.69) is 11.2 Å². The van der Waals surface area contributed by atoms with E-state index in [1.807, 2.05) is 42.6 Å². The van der Waals surface area contributed by atoms with Gasteiger partial charge in [-0.2, -0.15) is 10.4 Å². The number of nitriles is 1. The van der Waals surface area contributed by atoms with Gasteiger partial charge in [0.05, 0.1) is 24.4 Å². The van der Waals surface area contributed by atoms with Crippen molar-refractivity contribution in [3.8, 4) is 28.6 Å². The summed E-state index contributed by atoms with van der Waals surface area (Å²) in [5, 5.41) is 13.2. The van der Waals surface area contributed by atoms with Gasteiger partial charge in [-0.15, -0.1) is 0 Å². The summed E-state index contributed by atoms with van der Waals surface area (Å²) >= 11 is 0. The molecule has 1 aromatic heterocycles. The van der Waals surface area contributed by atoms with Crippen LogP contribution in [0.3, 0.4) is 0 Å². The molecule has 5 nitrogen and oxygen atoms in total. The number of hydrogen-bond donors (Lipinski definition) is 1. The Balaban J connectivity index is 1.97. The van der Waals surface area contributed by atoms with E-state index in [4.69, 9.17) is 15.7 Å². The Morgan fingerprint density at radius 3 is 2.36 bits per heavy atom. The maximum absolute atomic E-state index is 8.85. The summed E-state index contributed by atoms with van der Waals surface area (Å²) in [6.45, 7) is 0. The molecular weight excluding hydrogens is 276 g/mol. The van der Waals surface area contributed by atoms with Crippen molar-refractivity contribution in [1.29, 1.82) is 5.26 Å². The second-order valence-electron chi connectivity index (χ2n) is 4.76. The predicted molar refractivity (Wildman–Crippen MR) is 84.7 cm³/mol. The largest absolute Gasteiger partial charge is 0.497 e. The van der Waals surface area contributed by atoms with Gasteiger partial charge in [-0.25, -0.2) is 4.68 Å². The van der Waals surface area contributed by atoms with Crippen molar-refractivity contribution in [3.05, 3.63) is 60.3 Å². The van der Waals surface area contributed by atoms with E-state index in [0.29, 0.717) is 11.4 Å². The Bertz CT molecular complexity index is 827. The summed E-state index contributed by atoms with van der Waals surface area (Å²) in [5.74, 6) is 1.23. The Morgan fingerprint density at radius 2 is 1.77 bits per heavy atom. The van der Waals surface area contributed by atoms with E-state index < -0.39 is 0 Å². The number of nitrogens with two attached hydrogens (primary N) is 1. The molecule has 0 aliphatic rings. The van der Waals surface area contributed by atoms with Crippen LogP contribution in [0.25, 0.3) is 16.8 Å². The third-order valence-corrected chi connectivity index (χ3v) is 3.40. The molecule has 1 heterocycles. The van der Waals surface area contributed by atoms with Gasteiger partial charge in [0, 0.05) is 11.8 Å². The van der Waals surface area contributed by atoms with Gasteiger partial charge in [0.2, 0.25) is 0 Å². The highest BCUT2D eigenvalue weighted by molar-refractivity contribution is 5.74. The number of anilines is 1. The highest BCUT2D eigenvalue weighted by atomic mass is 16.5. The molecule has 3 rings (SSSR count). The first-order valence-electron chi connectivity index (χ1n) is 6.71. The van der Waals surface area contributed by atoms with Crippen molar-refractivity contribution in [2.75, 3.05) is 12.8 Å². The van der Waals surface area contributed by atoms with Crippen molar-refractivity contribution in [2.45, 2.75) is 0 Å². The minimum absolute atomic E-state index is 0.445. The minimum atomic E-state index is 0.445. The second kappa shape index (κ2) is 5.62. The van der Waals surface area contributed by atoms with Crippen LogP contribution >= 0.6 is 0 Å². The lowest BCUT2D eigenvalue weighted by atomic mass is 10.1. The van der Waals surface area contributed by atoms with Crippen molar-refractivity contribution < 1.29 is 4.74 Å². The van der Waals surface area contributed by atoms with E-state index in [-0.39, 0.29) is 0 Å². The number of nitrogen functional groups attached to an aromatic ring is 1. The normalized spacial score (nSPS) is 10.2. The zero-order valence-electron chi connectivity index (χ0n) is 12.0. The molecule has 0 fully saturated rings. The molecule has 2 aromatic carbocycles. The molecule has 0 radical (unpaired) electrons. The van der Waals surface area contributed by atoms with Crippen LogP contribution in [0, 0.1) is 11.3 Å². The lowest BCUT2D eigenvalue weighted by molar-refractivity contribution is 0.414. The van der Waals surface area contributed by atoms with E-state index in [1.165, 1.54) is 0 Å². The van der Waals surface area contributed by atoms with E-state index in [0.717, 1.165) is 22.6 Å². The molecule has 0 aliphatic carbocycles. The third-order valence-electron chi connectivity index (χ3n) is 3.40. The number of methoxy groups -OCH3 is 1. The molecule has 22 heavy (non-hydrogen) atoms. The Hall–Kier alpha value is -3.26. The zero-order valence-corrected chi connectivity index (χ0v) is 12.0. The molecule has 0 saturated heterocycles. The summed E-state index contributed by atoms with van der Waals surface area (Å²) in [6, 6.07) is 16.9. The van der Waals surface area contributed by atoms with Gasteiger partial charge in [-0.3, -0.25) is 0 Å². The molecular formula is C17H14N4O. The second-order valence-corrected chi connectivity index (χ2v) is 4.76. The monoisotopic (exact) mass is 290 g/mol. The molecule has 0 aliphatic heterocycles. The van der Waals surface area contributed by atoms with Crippen molar-refractivity contribution >= 4 is 5.82 Å². The number of benzene rings is 2. The van der Waals surface area contributed by atoms with Gasteiger partial charge in [0.15, 0.2) is 5.82 Å². The fraction of sp³-hybridized carbons (Fsp3) is 0.0588. The van der Waals surface area contributed by atoms with Gasteiger partial charge in [-0.05, 0) is 42.0 Å². The van der Waals surface area contributed by atoms with Crippen LogP contribution in [-0.4, -0.2) is 16.9 Å². The maximum atomic E-state index is 8.85. The molecule has 2 N–H and O–H groups in total. The Morgan fingerprint density at radius 1 is 1.09 bits per heavy atom. The van der Waals surface area contributed by atoms with Crippen molar-refractivity contribution in [1.82, 2.24) is 9.78 Å². The first kappa shape index (κ1) is 13.7. The Kier molecular flexibility index (Phi) is 3.50. The zero-order chi connectivity index (χ0) is 15.5. The maximum Gasteiger partial charge on any atom is 0.153 e. The van der Waals surface area contributed by atoms with E-state index >= 15 is 0 Å². The van der Waals surface area contributed by atoms with Crippen molar-refractivity contribution in [2.24, 2.45) is 0 Å². The molecule has 0 bridgehead atoms. The third kappa shape index (κ3) is 2.50. The number of ether oxygens (including phenoxy) is 1. The Labute approximate surface area is 128 Å². The van der Waals surface area contributed by atoms with Gasteiger partial charge < -0.3 is 10.5 Å². The average Bonchev–Trinajstić information content (AvgIpc) is 2.97. The van der Waals surface area contributed by atoms with Crippen LogP contribution in [0.4, 0.5) is 5.82 Å². The van der Waals surface area contributed by atoms with E-state index in [9.17, 15) is 0 Å². The molecule has 0 unspecified atom stereocenters. The number of nitrogens with zero attached hydrogens (tertiary/aromatic N) is 3. The number of hydrogen-bond acceptors (Lipinski definition) is 4. The lowest BCUT2D eigenvalue weighted by Gasteiger charge is -2.03. The van der Waals surface area contributed by atoms with Crippen LogP contribution in [0.15, 0.2) is 54.7 Å². The van der Waals surface area contributed by atoms with Gasteiger partial charge in [0.1, 0.15) is 5.75 Å². The summed E-state index contributed by atoms with van der Waals surface area (Å²) in [7, 11) is 1.63. The van der Waals surface area contributed by atoms with Crippen LogP contribution in [0.1, 0.15) is 5.56 Å². The van der Waals surface area contributed by atoms with Gasteiger partial charge in [-0.1, -0.05) is 12.1 Å². The highest BCUT2D eigenvalue weighted by Gasteiger charge is 2.09. The first-order valence-corrected chi connectivity index (χ1v) is 6.71. The lowest BCUT2D eigenvalue weighted by Crippen LogP contribution is -1.96. The summed E-state index contributed by atoms with van der Waals surface area (Å²) in [5.41, 5.74) is 9.29. The smallest absolute Gasteiger partial charge is 0.153 e. The van der Waals surface area contributed by atoms with Crippen LogP contribution in [0.2, 0.25) is 0 Å². The highest BCUT2D eigenvalue weighted by Crippen LogP contribution is 2.26. The molecule has 5 heteroatoms. The fourth-order valence-electron chi connectivity index (χ4n) is 2.20. The van der Waals surface area contributed by atoms with E-state index in [1.54, 1.807) is 23.9 Å². The van der Waals surface area contributed by atoms with Gasteiger partial charge in [0.25, 0.3) is 0 Å². The number of rotatable bonds is 3. The van der Waals surface area contributed by atoms with Crippen LogP contribution in [-0.2, 0) is 0 Å². The van der Waals surface area contributed by atoms with Crippen molar-refractivity contribution in [3.63, 3.8) is 0 Å². The molecule has 0 saturated carbocycles. The molecule has 0 atom stereocenters. The minimum Gasteiger partial charge on any atom is -0.497 e. The average molecular weight is 290 g/mol. The number of aromatic nitrogens is 2. The standard InChI is InChI=1S/C17H14N4O/c1-22-15-8-6-14(7-9-15)21-11-16(17(19)20-21)13-4-2-12(10-18)3-5-13/h2-9,11H,1H3,(H2,19,20).